The zero-order valence-corrected chi connectivity index (χ0v) is 19.2. The Morgan fingerprint density at radius 3 is 2.75 bits per heavy atom. The van der Waals surface area contributed by atoms with E-state index in [4.69, 9.17) is 0 Å². The van der Waals surface area contributed by atoms with Gasteiger partial charge in [0.15, 0.2) is 5.69 Å². The van der Waals surface area contributed by atoms with Crippen molar-refractivity contribution in [3.8, 4) is 11.3 Å². The number of rotatable bonds is 3. The van der Waals surface area contributed by atoms with E-state index in [-0.39, 0.29) is 34.0 Å². The van der Waals surface area contributed by atoms with E-state index in [0.29, 0.717) is 0 Å². The number of aryl methyl sites for hydroxylation is 2. The fourth-order valence-corrected chi connectivity index (χ4v) is 3.11. The molecule has 3 heterocycles. The second-order valence-corrected chi connectivity index (χ2v) is 6.55. The third-order valence-corrected chi connectivity index (χ3v) is 4.57. The van der Waals surface area contributed by atoms with E-state index in [1.54, 1.807) is 0 Å². The lowest BCUT2D eigenvalue weighted by molar-refractivity contribution is -0.510. The Bertz CT molecular complexity index is 992. The number of aliphatic imine (C=N–C) groups is 1. The molecule has 0 saturated heterocycles. The van der Waals surface area contributed by atoms with E-state index in [1.165, 1.54) is 22.5 Å². The van der Waals surface area contributed by atoms with Crippen molar-refractivity contribution in [1.82, 2.24) is 15.3 Å². The number of benzene rings is 1. The number of hydrazone groups is 1. The maximum Gasteiger partial charge on any atom is 0.286 e. The normalized spacial score (nSPS) is 13.4. The van der Waals surface area contributed by atoms with Crippen LogP contribution in [0.5, 0.6) is 0 Å². The van der Waals surface area contributed by atoms with Crippen molar-refractivity contribution in [3.63, 3.8) is 0 Å². The summed E-state index contributed by atoms with van der Waals surface area (Å²) in [5, 5.41) is 7.43. The van der Waals surface area contributed by atoms with Crippen LogP contribution < -0.4 is 32.1 Å². The van der Waals surface area contributed by atoms with Gasteiger partial charge in [-0.05, 0) is 42.7 Å². The molecule has 28 heavy (non-hydrogen) atoms. The summed E-state index contributed by atoms with van der Waals surface area (Å²) in [5.74, 6) is 0.743. The Kier molecular flexibility index (Phi) is 7.77. The second kappa shape index (κ2) is 9.84. The highest BCUT2D eigenvalue weighted by Gasteiger charge is 2.15. The zero-order valence-electron chi connectivity index (χ0n) is 15.9. The van der Waals surface area contributed by atoms with Gasteiger partial charge in [0.1, 0.15) is 6.20 Å². The summed E-state index contributed by atoms with van der Waals surface area (Å²) in [6, 6.07) is 12.7. The van der Waals surface area contributed by atoms with Crippen LogP contribution in [0.3, 0.4) is 0 Å². The number of imidazole rings is 1. The summed E-state index contributed by atoms with van der Waals surface area (Å²) in [4.78, 5) is 4.33. The first-order valence-electron chi connectivity index (χ1n) is 8.86. The summed E-state index contributed by atoms with van der Waals surface area (Å²) in [6.07, 6.45) is 7.14. The van der Waals surface area contributed by atoms with Gasteiger partial charge in [-0.15, -0.1) is 17.0 Å². The molecule has 0 radical (unpaired) electrons. The van der Waals surface area contributed by atoms with Crippen LogP contribution in [-0.4, -0.2) is 29.8 Å². The third-order valence-electron chi connectivity index (χ3n) is 4.57. The highest BCUT2D eigenvalue weighted by Crippen LogP contribution is 2.20. The molecule has 0 fully saturated rings. The van der Waals surface area contributed by atoms with Crippen LogP contribution in [0.2, 0.25) is 0 Å². The largest absolute Gasteiger partial charge is 1.00 e. The number of fused-ring (bicyclic) bond motifs is 1. The van der Waals surface area contributed by atoms with Crippen LogP contribution in [-0.2, 0) is 7.05 Å². The molecule has 1 aliphatic rings. The van der Waals surface area contributed by atoms with Crippen molar-refractivity contribution in [2.45, 2.75) is 13.3 Å². The number of hydrogen-bond donors (Lipinski definition) is 2. The van der Waals surface area contributed by atoms with Gasteiger partial charge in [-0.1, -0.05) is 12.1 Å². The van der Waals surface area contributed by atoms with Gasteiger partial charge < -0.3 is 22.3 Å². The summed E-state index contributed by atoms with van der Waals surface area (Å²) in [5.41, 5.74) is 8.78. The van der Waals surface area contributed by atoms with Gasteiger partial charge in [0, 0.05) is 24.7 Å². The second-order valence-electron chi connectivity index (χ2n) is 6.55. The molecule has 0 amide bonds. The molecule has 0 aliphatic carbocycles. The quantitative estimate of drug-likeness (QED) is 0.288. The minimum absolute atomic E-state index is 0. The predicted octanol–water partition coefficient (Wildman–Crippen LogP) is -0.406. The number of nitrogens with zero attached hydrogens (tertiary/aromatic N) is 4. The smallest absolute Gasteiger partial charge is 0.286 e. The Balaban J connectivity index is 0.00000140. The van der Waals surface area contributed by atoms with Gasteiger partial charge in [-0.2, -0.15) is 5.10 Å². The first kappa shape index (κ1) is 22.1. The summed E-state index contributed by atoms with van der Waals surface area (Å²) in [7, 11) is 2.10. The molecule has 0 spiro atoms. The Morgan fingerprint density at radius 1 is 1.25 bits per heavy atom. The van der Waals surface area contributed by atoms with Crippen LogP contribution in [0, 0.1) is 6.92 Å². The predicted molar refractivity (Wildman–Crippen MR) is 115 cm³/mol. The molecular formula is C20H24Br2N6. The molecule has 1 aliphatic heterocycles. The Hall–Kier alpha value is -2.19. The topological polar surface area (TPSA) is 57.8 Å². The van der Waals surface area contributed by atoms with Crippen molar-refractivity contribution >= 4 is 34.8 Å². The number of pyridine rings is 1. The molecule has 8 heteroatoms. The highest BCUT2D eigenvalue weighted by molar-refractivity contribution is 8.93. The number of halogens is 2. The lowest BCUT2D eigenvalue weighted by Crippen LogP contribution is -3.00. The molecule has 1 aromatic carbocycles. The zero-order chi connectivity index (χ0) is 17.9. The van der Waals surface area contributed by atoms with Crippen LogP contribution in [0.15, 0.2) is 58.9 Å². The van der Waals surface area contributed by atoms with E-state index in [1.807, 2.05) is 6.21 Å². The minimum Gasteiger partial charge on any atom is -1.00 e. The lowest BCUT2D eigenvalue weighted by Gasteiger charge is -2.12. The molecule has 0 saturated carbocycles. The minimum atomic E-state index is 0. The van der Waals surface area contributed by atoms with Crippen molar-refractivity contribution in [3.05, 3.63) is 59.9 Å². The molecule has 0 bridgehead atoms. The first-order valence-corrected chi connectivity index (χ1v) is 8.86. The van der Waals surface area contributed by atoms with Gasteiger partial charge in [-0.25, -0.2) is 14.4 Å². The maximum absolute atomic E-state index is 4.33. The van der Waals surface area contributed by atoms with E-state index in [9.17, 15) is 0 Å². The monoisotopic (exact) mass is 506 g/mol. The third kappa shape index (κ3) is 4.80. The van der Waals surface area contributed by atoms with E-state index >= 15 is 0 Å². The highest BCUT2D eigenvalue weighted by atomic mass is 79.9. The standard InChI is InChI=1S/C20H23N6.2BrH/c1-15-8-11-26-14-18(25(2)19(26)12-15)17-6-4-16(5-7-17)13-23-24-20-21-9-3-10-22-20;;/h4-8,11-14H,3,9-10H2,1-2H3,(H2,21,22,24);2*1H/q+1;;/p-1/b23-13+;;. The lowest BCUT2D eigenvalue weighted by atomic mass is 10.1. The van der Waals surface area contributed by atoms with Gasteiger partial charge >= 0.3 is 0 Å². The molecule has 2 aromatic heterocycles. The summed E-state index contributed by atoms with van der Waals surface area (Å²) in [6.45, 7) is 3.91. The van der Waals surface area contributed by atoms with Crippen LogP contribution in [0.25, 0.3) is 16.9 Å². The number of hydrogen-bond acceptors (Lipinski definition) is 4. The number of nitrogens with one attached hydrogen (secondary N) is 2. The molecular weight excluding hydrogens is 484 g/mol. The van der Waals surface area contributed by atoms with Gasteiger partial charge in [0.2, 0.25) is 5.96 Å². The van der Waals surface area contributed by atoms with Gasteiger partial charge in [0.05, 0.1) is 19.5 Å². The van der Waals surface area contributed by atoms with Crippen molar-refractivity contribution < 1.29 is 21.4 Å². The fraction of sp³-hybridized carbons (Fsp3) is 0.250. The molecule has 2 N–H and O–H groups in total. The molecule has 4 rings (SSSR count). The molecule has 148 valence electrons. The summed E-state index contributed by atoms with van der Waals surface area (Å²) >= 11 is 0. The molecule has 0 atom stereocenters. The van der Waals surface area contributed by atoms with Crippen LogP contribution >= 0.6 is 17.0 Å². The van der Waals surface area contributed by atoms with E-state index in [2.05, 4.69) is 92.6 Å². The van der Waals surface area contributed by atoms with E-state index in [0.717, 1.165) is 31.0 Å². The Labute approximate surface area is 185 Å². The average Bonchev–Trinajstić information content (AvgIpc) is 2.99. The van der Waals surface area contributed by atoms with Crippen LogP contribution in [0.4, 0.5) is 0 Å². The molecule has 0 unspecified atom stereocenters. The van der Waals surface area contributed by atoms with Crippen molar-refractivity contribution in [2.75, 3.05) is 13.1 Å². The van der Waals surface area contributed by atoms with E-state index < -0.39 is 0 Å². The van der Waals surface area contributed by atoms with Crippen molar-refractivity contribution in [1.29, 1.82) is 0 Å². The fourth-order valence-electron chi connectivity index (χ4n) is 3.11. The van der Waals surface area contributed by atoms with Crippen LogP contribution in [0.1, 0.15) is 17.5 Å². The average molecular weight is 508 g/mol. The van der Waals surface area contributed by atoms with Crippen molar-refractivity contribution in [2.24, 2.45) is 17.1 Å². The maximum atomic E-state index is 4.33. The molecule has 3 aromatic rings. The number of aromatic nitrogens is 2. The van der Waals surface area contributed by atoms with Gasteiger partial charge in [0.25, 0.3) is 5.65 Å². The first-order chi connectivity index (χ1) is 12.7. The summed E-state index contributed by atoms with van der Waals surface area (Å²) < 4.78 is 4.37. The Morgan fingerprint density at radius 2 is 2.04 bits per heavy atom. The molecule has 6 nitrogen and oxygen atoms in total. The van der Waals surface area contributed by atoms with Gasteiger partial charge in [-0.3, -0.25) is 4.99 Å². The number of guanidine groups is 1. The SMILES string of the molecule is Br.Cc1cc[n+]2cc(-c3ccc(/C=N/NC4=NCCCN4)cc3)n(C)c2c1.[Br-].